The lowest BCUT2D eigenvalue weighted by Gasteiger charge is -2.21. The van der Waals surface area contributed by atoms with Gasteiger partial charge >= 0.3 is 0 Å². The first-order valence-corrected chi connectivity index (χ1v) is 11.8. The van der Waals surface area contributed by atoms with Gasteiger partial charge in [0.05, 0.1) is 18.1 Å². The highest BCUT2D eigenvalue weighted by Crippen LogP contribution is 2.18. The Morgan fingerprint density at radius 1 is 1.24 bits per heavy atom. The van der Waals surface area contributed by atoms with E-state index in [0.29, 0.717) is 18.3 Å². The van der Waals surface area contributed by atoms with Crippen LogP contribution >= 0.6 is 11.6 Å². The number of aromatic nitrogens is 2. The molecule has 33 heavy (non-hydrogen) atoms. The van der Waals surface area contributed by atoms with Crippen LogP contribution in [0.2, 0.25) is 5.02 Å². The Kier molecular flexibility index (Phi) is 8.65. The summed E-state index contributed by atoms with van der Waals surface area (Å²) in [6.45, 7) is 3.64. The Hall–Kier alpha value is -2.52. The first kappa shape index (κ1) is 23.6. The van der Waals surface area contributed by atoms with Gasteiger partial charge in [0.1, 0.15) is 5.82 Å². The van der Waals surface area contributed by atoms with Crippen LogP contribution in [0.4, 0.5) is 5.82 Å². The number of ether oxygens (including phenoxy) is 1. The number of anilines is 1. The van der Waals surface area contributed by atoms with Crippen molar-refractivity contribution in [1.29, 1.82) is 0 Å². The number of likely N-dealkylation sites (tertiary alicyclic amines) is 1. The van der Waals surface area contributed by atoms with Gasteiger partial charge in [-0.05, 0) is 43.4 Å². The van der Waals surface area contributed by atoms with Gasteiger partial charge in [-0.25, -0.2) is 15.3 Å². The third-order valence-corrected chi connectivity index (χ3v) is 6.15. The number of hydrogen-bond acceptors (Lipinski definition) is 7. The van der Waals surface area contributed by atoms with Crippen LogP contribution in [-0.2, 0) is 20.8 Å². The average Bonchev–Trinajstić information content (AvgIpc) is 3.29. The summed E-state index contributed by atoms with van der Waals surface area (Å²) in [5, 5.41) is 4.28. The highest BCUT2D eigenvalue weighted by Gasteiger charge is 2.22. The van der Waals surface area contributed by atoms with E-state index >= 15 is 0 Å². The van der Waals surface area contributed by atoms with Gasteiger partial charge in [-0.2, -0.15) is 0 Å². The van der Waals surface area contributed by atoms with E-state index < -0.39 is 0 Å². The van der Waals surface area contributed by atoms with Crippen molar-refractivity contribution in [1.82, 2.24) is 20.3 Å². The van der Waals surface area contributed by atoms with Crippen LogP contribution in [0.15, 0.2) is 42.7 Å². The Morgan fingerprint density at radius 2 is 2.15 bits per heavy atom. The Labute approximate surface area is 199 Å². The van der Waals surface area contributed by atoms with E-state index in [9.17, 15) is 4.79 Å². The molecular weight excluding hydrogens is 442 g/mol. The molecule has 1 amide bonds. The number of carbonyl (C=O) groups is 1. The monoisotopic (exact) mass is 471 g/mol. The number of amides is 1. The molecule has 1 aromatic carbocycles. The van der Waals surface area contributed by atoms with E-state index in [2.05, 4.69) is 31.7 Å². The lowest BCUT2D eigenvalue weighted by atomic mass is 10.1. The van der Waals surface area contributed by atoms with Crippen LogP contribution in [0.3, 0.4) is 0 Å². The minimum absolute atomic E-state index is 0.330. The van der Waals surface area contributed by atoms with E-state index in [0.717, 1.165) is 62.6 Å². The predicted octanol–water partition coefficient (Wildman–Crippen LogP) is 3.45. The molecule has 0 bridgehead atoms. The van der Waals surface area contributed by atoms with Crippen molar-refractivity contribution in [3.05, 3.63) is 59.0 Å². The number of hydrogen-bond donors (Lipinski definition) is 2. The molecule has 0 aliphatic carbocycles. The molecule has 2 atom stereocenters. The Morgan fingerprint density at radius 3 is 2.94 bits per heavy atom. The quantitative estimate of drug-likeness (QED) is 0.427. The molecule has 0 spiro atoms. The van der Waals surface area contributed by atoms with Gasteiger partial charge in [0.25, 0.3) is 5.91 Å². The molecule has 2 N–H and O–H groups in total. The minimum Gasteiger partial charge on any atom is -0.365 e. The van der Waals surface area contributed by atoms with Gasteiger partial charge in [-0.15, -0.1) is 0 Å². The number of carbonyl (C=O) groups excluding carboxylic acids is 1. The number of nitrogens with zero attached hydrogens (tertiary/aromatic N) is 3. The molecular formula is C24H30ClN5O3. The maximum Gasteiger partial charge on any atom is 0.267 e. The highest BCUT2D eigenvalue weighted by atomic mass is 35.5. The van der Waals surface area contributed by atoms with E-state index in [1.807, 2.05) is 18.2 Å². The molecule has 2 aliphatic rings. The summed E-state index contributed by atoms with van der Waals surface area (Å²) in [6, 6.07) is 8.34. The largest absolute Gasteiger partial charge is 0.365 e. The summed E-state index contributed by atoms with van der Waals surface area (Å²) >= 11 is 6.26. The fourth-order valence-corrected chi connectivity index (χ4v) is 4.19. The van der Waals surface area contributed by atoms with E-state index in [1.165, 1.54) is 11.6 Å². The summed E-state index contributed by atoms with van der Waals surface area (Å²) in [5.74, 6) is 0.364. The maximum absolute atomic E-state index is 11.9. The average molecular weight is 472 g/mol. The van der Waals surface area contributed by atoms with Gasteiger partial charge in [0.2, 0.25) is 0 Å². The smallest absolute Gasteiger partial charge is 0.267 e. The summed E-state index contributed by atoms with van der Waals surface area (Å²) in [6.07, 6.45) is 10.8. The SMILES string of the molecule is O=C(/C=C/c1cnc(N[C@@H]2CCN(CCc3ccccc3Cl)C2)cn1)NOC1CCCCO1. The molecule has 2 saturated heterocycles. The first-order chi connectivity index (χ1) is 16.2. The van der Waals surface area contributed by atoms with E-state index in [-0.39, 0.29) is 12.2 Å². The molecule has 9 heteroatoms. The van der Waals surface area contributed by atoms with Crippen molar-refractivity contribution < 1.29 is 14.4 Å². The zero-order valence-corrected chi connectivity index (χ0v) is 19.3. The fraction of sp³-hybridized carbons (Fsp3) is 0.458. The number of benzene rings is 1. The van der Waals surface area contributed by atoms with Gasteiger partial charge in [0.15, 0.2) is 6.29 Å². The van der Waals surface area contributed by atoms with Crippen LogP contribution in [0.5, 0.6) is 0 Å². The molecule has 4 rings (SSSR count). The van der Waals surface area contributed by atoms with Crippen molar-refractivity contribution in [3.8, 4) is 0 Å². The fourth-order valence-electron chi connectivity index (χ4n) is 3.96. The molecule has 8 nitrogen and oxygen atoms in total. The van der Waals surface area contributed by atoms with Gasteiger partial charge in [0, 0.05) is 49.8 Å². The number of halogens is 1. The first-order valence-electron chi connectivity index (χ1n) is 11.5. The minimum atomic E-state index is -0.371. The molecule has 2 aromatic rings. The van der Waals surface area contributed by atoms with Gasteiger partial charge < -0.3 is 15.0 Å². The Balaban J connectivity index is 1.17. The molecule has 1 unspecified atom stereocenters. The van der Waals surface area contributed by atoms with Crippen molar-refractivity contribution in [3.63, 3.8) is 0 Å². The van der Waals surface area contributed by atoms with E-state index in [4.69, 9.17) is 21.2 Å². The van der Waals surface area contributed by atoms with Gasteiger partial charge in [-0.1, -0.05) is 29.8 Å². The normalized spacial score (nSPS) is 21.4. The number of rotatable bonds is 9. The lowest BCUT2D eigenvalue weighted by Crippen LogP contribution is -2.32. The highest BCUT2D eigenvalue weighted by molar-refractivity contribution is 6.31. The molecule has 1 aromatic heterocycles. The Bertz CT molecular complexity index is 934. The molecule has 0 radical (unpaired) electrons. The maximum atomic E-state index is 11.9. The van der Waals surface area contributed by atoms with Crippen LogP contribution in [0, 0.1) is 0 Å². The summed E-state index contributed by atoms with van der Waals surface area (Å²) in [4.78, 5) is 28.4. The van der Waals surface area contributed by atoms with Crippen LogP contribution in [0.25, 0.3) is 6.08 Å². The third kappa shape index (κ3) is 7.50. The van der Waals surface area contributed by atoms with Crippen molar-refractivity contribution in [2.24, 2.45) is 0 Å². The van der Waals surface area contributed by atoms with Crippen molar-refractivity contribution in [2.45, 2.75) is 44.4 Å². The van der Waals surface area contributed by atoms with Crippen LogP contribution in [0.1, 0.15) is 36.9 Å². The zero-order chi connectivity index (χ0) is 22.9. The van der Waals surface area contributed by atoms with E-state index in [1.54, 1.807) is 18.5 Å². The van der Waals surface area contributed by atoms with Crippen LogP contribution < -0.4 is 10.8 Å². The second-order valence-corrected chi connectivity index (χ2v) is 8.72. The van der Waals surface area contributed by atoms with Crippen molar-refractivity contribution in [2.75, 3.05) is 31.6 Å². The molecule has 0 saturated carbocycles. The molecule has 176 valence electrons. The standard InChI is InChI=1S/C24H30ClN5O3/c25-21-6-2-1-5-18(21)10-12-30-13-11-20(17-30)28-22-16-26-19(15-27-22)8-9-23(31)29-33-24-7-3-4-14-32-24/h1-2,5-6,8-9,15-16,20,24H,3-4,7,10-14,17H2,(H,27,28)(H,29,31)/b9-8+/t20-,24?/m1/s1. The van der Waals surface area contributed by atoms with Crippen molar-refractivity contribution >= 4 is 29.4 Å². The second-order valence-electron chi connectivity index (χ2n) is 8.31. The molecule has 3 heterocycles. The predicted molar refractivity (Wildman–Crippen MR) is 128 cm³/mol. The number of nitrogens with one attached hydrogen (secondary N) is 2. The molecule has 2 aliphatic heterocycles. The number of hydroxylamine groups is 1. The lowest BCUT2D eigenvalue weighted by molar-refractivity contribution is -0.198. The summed E-state index contributed by atoms with van der Waals surface area (Å²) in [5.41, 5.74) is 4.17. The summed E-state index contributed by atoms with van der Waals surface area (Å²) < 4.78 is 5.41. The molecule has 2 fully saturated rings. The third-order valence-electron chi connectivity index (χ3n) is 5.79. The summed E-state index contributed by atoms with van der Waals surface area (Å²) in [7, 11) is 0. The van der Waals surface area contributed by atoms with Gasteiger partial charge in [-0.3, -0.25) is 9.78 Å². The second kappa shape index (κ2) is 12.1. The van der Waals surface area contributed by atoms with Crippen LogP contribution in [-0.4, -0.2) is 59.3 Å². The topological polar surface area (TPSA) is 88.6 Å². The zero-order valence-electron chi connectivity index (χ0n) is 18.6.